The second-order valence-corrected chi connectivity index (χ2v) is 5.33. The Bertz CT molecular complexity index is 448. The van der Waals surface area contributed by atoms with Crippen LogP contribution in [0.15, 0.2) is 24.3 Å². The van der Waals surface area contributed by atoms with Gasteiger partial charge in [0.25, 0.3) is 0 Å². The molecule has 110 valence electrons. The first-order valence-corrected chi connectivity index (χ1v) is 7.58. The fraction of sp³-hybridized carbons (Fsp3) is 0.429. The first kappa shape index (κ1) is 16.7. The molecule has 0 heterocycles. The lowest BCUT2D eigenvalue weighted by atomic mass is 10.1. The van der Waals surface area contributed by atoms with Gasteiger partial charge in [-0.15, -0.1) is 0 Å². The number of carbonyl (C=O) groups excluding carboxylic acids is 1. The van der Waals surface area contributed by atoms with Crippen LogP contribution in [0.3, 0.4) is 0 Å². The molecule has 0 aromatic heterocycles. The molecule has 1 rings (SSSR count). The predicted octanol–water partition coefficient (Wildman–Crippen LogP) is 2.14. The Morgan fingerprint density at radius 1 is 1.25 bits per heavy atom. The molecule has 0 saturated carbocycles. The molecule has 0 radical (unpaired) electrons. The molecule has 0 aliphatic heterocycles. The van der Waals surface area contributed by atoms with Crippen molar-refractivity contribution < 1.29 is 14.7 Å². The second kappa shape index (κ2) is 8.71. The number of carboxylic acid groups (broad SMARTS) is 1. The lowest BCUT2D eigenvalue weighted by Gasteiger charge is -2.08. The van der Waals surface area contributed by atoms with E-state index in [1.165, 1.54) is 0 Å². The predicted molar refractivity (Wildman–Crippen MR) is 82.0 cm³/mol. The molecular formula is C14H19BrN2O3. The SMILES string of the molecule is N[C@@H](Cc1ccc(NC(=O)CCCCBr)cc1)C(=O)O. The van der Waals surface area contributed by atoms with Crippen molar-refractivity contribution in [2.24, 2.45) is 5.73 Å². The summed E-state index contributed by atoms with van der Waals surface area (Å²) in [5.41, 5.74) is 7.00. The standard InChI is InChI=1S/C14H19BrN2O3/c15-8-2-1-3-13(18)17-11-6-4-10(5-7-11)9-12(16)14(19)20/h4-7,12H,1-3,8-9,16H2,(H,17,18)(H,19,20)/t12-/m0/s1. The Morgan fingerprint density at radius 3 is 2.45 bits per heavy atom. The molecule has 0 spiro atoms. The van der Waals surface area contributed by atoms with Crippen molar-refractivity contribution in [3.63, 3.8) is 0 Å². The van der Waals surface area contributed by atoms with Crippen LogP contribution in [0.4, 0.5) is 5.69 Å². The molecule has 0 saturated heterocycles. The van der Waals surface area contributed by atoms with E-state index in [1.807, 2.05) is 0 Å². The molecular weight excluding hydrogens is 324 g/mol. The molecule has 20 heavy (non-hydrogen) atoms. The molecule has 0 aliphatic carbocycles. The van der Waals surface area contributed by atoms with Crippen molar-refractivity contribution in [3.05, 3.63) is 29.8 Å². The first-order valence-electron chi connectivity index (χ1n) is 6.46. The number of nitrogens with two attached hydrogens (primary N) is 1. The molecule has 0 bridgehead atoms. The number of benzene rings is 1. The molecule has 1 amide bonds. The van der Waals surface area contributed by atoms with Crippen LogP contribution in [0.2, 0.25) is 0 Å². The highest BCUT2D eigenvalue weighted by Gasteiger charge is 2.11. The molecule has 0 fully saturated rings. The van der Waals surface area contributed by atoms with Gasteiger partial charge in [-0.2, -0.15) is 0 Å². The van der Waals surface area contributed by atoms with Crippen LogP contribution in [0.1, 0.15) is 24.8 Å². The minimum atomic E-state index is -1.02. The summed E-state index contributed by atoms with van der Waals surface area (Å²) >= 11 is 3.32. The van der Waals surface area contributed by atoms with Crippen molar-refractivity contribution in [2.45, 2.75) is 31.7 Å². The summed E-state index contributed by atoms with van der Waals surface area (Å²) in [6.45, 7) is 0. The van der Waals surface area contributed by atoms with Crippen LogP contribution >= 0.6 is 15.9 Å². The summed E-state index contributed by atoms with van der Waals surface area (Å²) in [7, 11) is 0. The van der Waals surface area contributed by atoms with Crippen molar-refractivity contribution in [3.8, 4) is 0 Å². The van der Waals surface area contributed by atoms with Gasteiger partial charge in [0.05, 0.1) is 0 Å². The average molecular weight is 343 g/mol. The normalized spacial score (nSPS) is 11.9. The third kappa shape index (κ3) is 6.16. The molecule has 4 N–H and O–H groups in total. The summed E-state index contributed by atoms with van der Waals surface area (Å²) < 4.78 is 0. The smallest absolute Gasteiger partial charge is 0.320 e. The van der Waals surface area contributed by atoms with E-state index >= 15 is 0 Å². The Labute approximate surface area is 126 Å². The van der Waals surface area contributed by atoms with Gasteiger partial charge in [0.15, 0.2) is 0 Å². The molecule has 0 unspecified atom stereocenters. The minimum absolute atomic E-state index is 0.0130. The van der Waals surface area contributed by atoms with Crippen LogP contribution < -0.4 is 11.1 Å². The van der Waals surface area contributed by atoms with E-state index in [0.717, 1.165) is 23.7 Å². The van der Waals surface area contributed by atoms with Crippen LogP contribution in [-0.2, 0) is 16.0 Å². The number of halogens is 1. The summed E-state index contributed by atoms with van der Waals surface area (Å²) in [6.07, 6.45) is 2.59. The average Bonchev–Trinajstić information content (AvgIpc) is 2.41. The number of anilines is 1. The summed E-state index contributed by atoms with van der Waals surface area (Å²) in [5.74, 6) is -1.03. The highest BCUT2D eigenvalue weighted by atomic mass is 79.9. The zero-order chi connectivity index (χ0) is 15.0. The maximum absolute atomic E-state index is 11.6. The Hall–Kier alpha value is -1.40. The number of carbonyl (C=O) groups is 2. The maximum atomic E-state index is 11.6. The van der Waals surface area contributed by atoms with E-state index in [-0.39, 0.29) is 12.3 Å². The maximum Gasteiger partial charge on any atom is 0.320 e. The van der Waals surface area contributed by atoms with Crippen molar-refractivity contribution in [1.29, 1.82) is 0 Å². The molecule has 1 aromatic rings. The van der Waals surface area contributed by atoms with E-state index < -0.39 is 12.0 Å². The van der Waals surface area contributed by atoms with E-state index in [4.69, 9.17) is 10.8 Å². The number of rotatable bonds is 8. The van der Waals surface area contributed by atoms with Crippen molar-refractivity contribution in [2.75, 3.05) is 10.6 Å². The first-order chi connectivity index (χ1) is 9.52. The Balaban J connectivity index is 2.46. The van der Waals surface area contributed by atoms with Gasteiger partial charge in [0.2, 0.25) is 5.91 Å². The van der Waals surface area contributed by atoms with Crippen molar-refractivity contribution in [1.82, 2.24) is 0 Å². The number of unbranched alkanes of at least 4 members (excludes halogenated alkanes) is 1. The van der Waals surface area contributed by atoms with E-state index in [1.54, 1.807) is 24.3 Å². The van der Waals surface area contributed by atoms with Gasteiger partial charge in [-0.3, -0.25) is 9.59 Å². The largest absolute Gasteiger partial charge is 0.480 e. The fourth-order valence-electron chi connectivity index (χ4n) is 1.67. The number of aliphatic carboxylic acids is 1. The summed E-state index contributed by atoms with van der Waals surface area (Å²) in [5, 5.41) is 12.4. The highest BCUT2D eigenvalue weighted by Crippen LogP contribution is 2.12. The molecule has 6 heteroatoms. The second-order valence-electron chi connectivity index (χ2n) is 4.54. The number of alkyl halides is 1. The van der Waals surface area contributed by atoms with Crippen LogP contribution in [-0.4, -0.2) is 28.4 Å². The van der Waals surface area contributed by atoms with Gasteiger partial charge in [0.1, 0.15) is 6.04 Å². The van der Waals surface area contributed by atoms with E-state index in [9.17, 15) is 9.59 Å². The molecule has 0 aliphatic rings. The number of amides is 1. The fourth-order valence-corrected chi connectivity index (χ4v) is 2.07. The lowest BCUT2D eigenvalue weighted by Crippen LogP contribution is -2.32. The third-order valence-corrected chi connectivity index (χ3v) is 3.36. The zero-order valence-corrected chi connectivity index (χ0v) is 12.7. The number of nitrogens with one attached hydrogen (secondary N) is 1. The van der Waals surface area contributed by atoms with Gasteiger partial charge in [-0.25, -0.2) is 0 Å². The number of carboxylic acids is 1. The van der Waals surface area contributed by atoms with Gasteiger partial charge in [-0.05, 0) is 37.0 Å². The molecule has 5 nitrogen and oxygen atoms in total. The van der Waals surface area contributed by atoms with Gasteiger partial charge in [-0.1, -0.05) is 28.1 Å². The van der Waals surface area contributed by atoms with Gasteiger partial charge >= 0.3 is 5.97 Å². The highest BCUT2D eigenvalue weighted by molar-refractivity contribution is 9.09. The molecule has 1 aromatic carbocycles. The Morgan fingerprint density at radius 2 is 1.90 bits per heavy atom. The Kier molecular flexibility index (Phi) is 7.25. The quantitative estimate of drug-likeness (QED) is 0.498. The van der Waals surface area contributed by atoms with E-state index in [2.05, 4.69) is 21.2 Å². The van der Waals surface area contributed by atoms with Crippen LogP contribution in [0.5, 0.6) is 0 Å². The van der Waals surface area contributed by atoms with Gasteiger partial charge in [0, 0.05) is 17.4 Å². The number of hydrogen-bond donors (Lipinski definition) is 3. The molecule has 1 atom stereocenters. The monoisotopic (exact) mass is 342 g/mol. The third-order valence-electron chi connectivity index (χ3n) is 2.80. The lowest BCUT2D eigenvalue weighted by molar-refractivity contribution is -0.138. The summed E-state index contributed by atoms with van der Waals surface area (Å²) in [6, 6.07) is 6.16. The van der Waals surface area contributed by atoms with Crippen LogP contribution in [0, 0.1) is 0 Å². The zero-order valence-electron chi connectivity index (χ0n) is 11.1. The summed E-state index contributed by atoms with van der Waals surface area (Å²) in [4.78, 5) is 22.3. The van der Waals surface area contributed by atoms with E-state index in [0.29, 0.717) is 12.1 Å². The van der Waals surface area contributed by atoms with Crippen LogP contribution in [0.25, 0.3) is 0 Å². The van der Waals surface area contributed by atoms with Gasteiger partial charge < -0.3 is 16.2 Å². The minimum Gasteiger partial charge on any atom is -0.480 e. The number of hydrogen-bond acceptors (Lipinski definition) is 3. The van der Waals surface area contributed by atoms with Crippen molar-refractivity contribution >= 4 is 33.5 Å². The topological polar surface area (TPSA) is 92.4 Å².